The lowest BCUT2D eigenvalue weighted by atomic mass is 10.0. The summed E-state index contributed by atoms with van der Waals surface area (Å²) in [7, 11) is 0. The Kier molecular flexibility index (Phi) is 6.32. The Morgan fingerprint density at radius 1 is 1.00 bits per heavy atom. The molecule has 0 bridgehead atoms. The number of aliphatic hydroxyl groups is 6. The summed E-state index contributed by atoms with van der Waals surface area (Å²) in [5, 5.41) is 53.5. The molecule has 0 saturated heterocycles. The maximum Gasteiger partial charge on any atom is 0.295 e. The van der Waals surface area contributed by atoms with Gasteiger partial charge in [0.1, 0.15) is 24.4 Å². The number of carbonyl (C=O) groups excluding carboxylic acids is 1. The van der Waals surface area contributed by atoms with Crippen LogP contribution in [-0.2, 0) is 9.53 Å². The third kappa shape index (κ3) is 4.08. The summed E-state index contributed by atoms with van der Waals surface area (Å²) in [6.45, 7) is -0.995. The highest BCUT2D eigenvalue weighted by Crippen LogP contribution is 2.08. The van der Waals surface area contributed by atoms with Crippen LogP contribution in [0.3, 0.4) is 0 Å². The Bertz CT molecular complexity index is 186. The van der Waals surface area contributed by atoms with Crippen molar-refractivity contribution in [2.45, 2.75) is 30.7 Å². The van der Waals surface area contributed by atoms with Crippen molar-refractivity contribution in [3.8, 4) is 0 Å². The Hall–Kier alpha value is -0.770. The molecular formula is C7H14O8. The molecule has 8 nitrogen and oxygen atoms in total. The maximum absolute atomic E-state index is 9.78. The fourth-order valence-corrected chi connectivity index (χ4v) is 0.844. The smallest absolute Gasteiger partial charge is 0.295 e. The van der Waals surface area contributed by atoms with Crippen LogP contribution in [0.25, 0.3) is 0 Å². The summed E-state index contributed by atoms with van der Waals surface area (Å²) < 4.78 is 3.90. The number of hydrogen-bond donors (Lipinski definition) is 6. The first-order chi connectivity index (χ1) is 6.95. The summed E-state index contributed by atoms with van der Waals surface area (Å²) in [6.07, 6.45) is -9.56. The van der Waals surface area contributed by atoms with E-state index in [-0.39, 0.29) is 6.47 Å². The van der Waals surface area contributed by atoms with Crippen LogP contribution >= 0.6 is 0 Å². The first-order valence-corrected chi connectivity index (χ1v) is 4.06. The van der Waals surface area contributed by atoms with Gasteiger partial charge in [0, 0.05) is 0 Å². The van der Waals surface area contributed by atoms with Crippen LogP contribution in [0.4, 0.5) is 0 Å². The molecule has 0 amide bonds. The molecule has 90 valence electrons. The van der Waals surface area contributed by atoms with Gasteiger partial charge >= 0.3 is 0 Å². The second-order valence-corrected chi connectivity index (χ2v) is 2.84. The van der Waals surface area contributed by atoms with E-state index in [0.717, 1.165) is 0 Å². The first-order valence-electron chi connectivity index (χ1n) is 4.06. The minimum absolute atomic E-state index is 0.157. The van der Waals surface area contributed by atoms with Crippen LogP contribution < -0.4 is 0 Å². The zero-order valence-corrected chi connectivity index (χ0v) is 7.67. The molecule has 0 aliphatic carbocycles. The molecule has 6 N–H and O–H groups in total. The summed E-state index contributed by atoms with van der Waals surface area (Å²) in [5.41, 5.74) is 0. The van der Waals surface area contributed by atoms with E-state index in [0.29, 0.717) is 0 Å². The van der Waals surface area contributed by atoms with E-state index in [2.05, 4.69) is 4.74 Å². The predicted octanol–water partition coefficient (Wildman–Crippen LogP) is -4.09. The zero-order chi connectivity index (χ0) is 12.0. The minimum Gasteiger partial charge on any atom is -0.435 e. The van der Waals surface area contributed by atoms with Crippen molar-refractivity contribution >= 4 is 6.47 Å². The fraction of sp³-hybridized carbons (Fsp3) is 0.857. The third-order valence-corrected chi connectivity index (χ3v) is 1.77. The summed E-state index contributed by atoms with van der Waals surface area (Å²) in [4.78, 5) is 9.78. The lowest BCUT2D eigenvalue weighted by Gasteiger charge is -2.27. The molecule has 0 spiro atoms. The lowest BCUT2D eigenvalue weighted by Crippen LogP contribution is -2.50. The zero-order valence-electron chi connectivity index (χ0n) is 7.67. The molecule has 0 aromatic heterocycles. The minimum atomic E-state index is -2.03. The van der Waals surface area contributed by atoms with E-state index >= 15 is 0 Å². The van der Waals surface area contributed by atoms with Crippen LogP contribution in [0.5, 0.6) is 0 Å². The van der Waals surface area contributed by atoms with Gasteiger partial charge in [-0.2, -0.15) is 0 Å². The van der Waals surface area contributed by atoms with Gasteiger partial charge in [0.25, 0.3) is 6.47 Å². The monoisotopic (exact) mass is 226 g/mol. The van der Waals surface area contributed by atoms with Gasteiger partial charge in [0.15, 0.2) is 0 Å². The molecule has 0 rings (SSSR count). The fourth-order valence-electron chi connectivity index (χ4n) is 0.844. The van der Waals surface area contributed by atoms with Gasteiger partial charge in [-0.3, -0.25) is 4.79 Å². The number of rotatable bonds is 7. The average molecular weight is 226 g/mol. The van der Waals surface area contributed by atoms with Crippen LogP contribution in [-0.4, -0.2) is 74.4 Å². The Labute approximate surface area is 85.0 Å². The van der Waals surface area contributed by atoms with Crippen molar-refractivity contribution < 1.29 is 40.2 Å². The second-order valence-electron chi connectivity index (χ2n) is 2.84. The molecule has 0 radical (unpaired) electrons. The lowest BCUT2D eigenvalue weighted by molar-refractivity contribution is -0.205. The average Bonchev–Trinajstić information content (AvgIpc) is 2.25. The van der Waals surface area contributed by atoms with Crippen LogP contribution in [0.2, 0.25) is 0 Å². The van der Waals surface area contributed by atoms with E-state index in [4.69, 9.17) is 30.6 Å². The molecule has 1 unspecified atom stereocenters. The second kappa shape index (κ2) is 6.67. The van der Waals surface area contributed by atoms with Gasteiger partial charge in [-0.15, -0.1) is 0 Å². The number of ether oxygens (including phenoxy) is 1. The molecule has 15 heavy (non-hydrogen) atoms. The Morgan fingerprint density at radius 3 is 1.93 bits per heavy atom. The topological polar surface area (TPSA) is 148 Å². The van der Waals surface area contributed by atoms with Crippen LogP contribution in [0.1, 0.15) is 0 Å². The van der Waals surface area contributed by atoms with E-state index in [1.807, 2.05) is 0 Å². The van der Waals surface area contributed by atoms with Crippen molar-refractivity contribution in [1.82, 2.24) is 0 Å². The Balaban J connectivity index is 4.28. The molecule has 0 aromatic rings. The van der Waals surface area contributed by atoms with Crippen LogP contribution in [0, 0.1) is 0 Å². The summed E-state index contributed by atoms with van der Waals surface area (Å²) in [5.74, 6) is 0. The highest BCUT2D eigenvalue weighted by Gasteiger charge is 2.34. The maximum atomic E-state index is 9.78. The van der Waals surface area contributed by atoms with Crippen LogP contribution in [0.15, 0.2) is 0 Å². The summed E-state index contributed by atoms with van der Waals surface area (Å²) >= 11 is 0. The predicted molar refractivity (Wildman–Crippen MR) is 44.3 cm³/mol. The quantitative estimate of drug-likeness (QED) is 0.189. The largest absolute Gasteiger partial charge is 0.435 e. The van der Waals surface area contributed by atoms with Gasteiger partial charge in [-0.1, -0.05) is 0 Å². The van der Waals surface area contributed by atoms with E-state index in [1.54, 1.807) is 0 Å². The molecule has 0 aliphatic rings. The van der Waals surface area contributed by atoms with Crippen molar-refractivity contribution in [2.75, 3.05) is 6.61 Å². The highest BCUT2D eigenvalue weighted by atomic mass is 16.6. The van der Waals surface area contributed by atoms with E-state index in [1.165, 1.54) is 0 Å². The van der Waals surface area contributed by atoms with Gasteiger partial charge in [0.05, 0.1) is 6.61 Å². The van der Waals surface area contributed by atoms with Crippen molar-refractivity contribution in [3.05, 3.63) is 0 Å². The Morgan fingerprint density at radius 2 is 1.53 bits per heavy atom. The first kappa shape index (κ1) is 14.2. The van der Waals surface area contributed by atoms with Crippen molar-refractivity contribution in [2.24, 2.45) is 0 Å². The highest BCUT2D eigenvalue weighted by molar-refractivity contribution is 5.37. The molecule has 0 fully saturated rings. The normalized spacial score (nSPS) is 21.2. The molecule has 5 atom stereocenters. The van der Waals surface area contributed by atoms with Gasteiger partial charge in [0.2, 0.25) is 6.29 Å². The SMILES string of the molecule is O=COC(O)[C@H](O)[C@@H](O)[C@H](O)[C@H](O)CO. The van der Waals surface area contributed by atoms with E-state index < -0.39 is 37.3 Å². The number of aliphatic hydroxyl groups excluding tert-OH is 6. The summed E-state index contributed by atoms with van der Waals surface area (Å²) in [6, 6.07) is 0. The molecule has 0 heterocycles. The number of carbonyl (C=O) groups is 1. The third-order valence-electron chi connectivity index (χ3n) is 1.77. The van der Waals surface area contributed by atoms with Gasteiger partial charge < -0.3 is 35.4 Å². The van der Waals surface area contributed by atoms with Crippen molar-refractivity contribution in [3.63, 3.8) is 0 Å². The molecule has 0 saturated carbocycles. The van der Waals surface area contributed by atoms with Gasteiger partial charge in [-0.25, -0.2) is 0 Å². The number of hydrogen-bond acceptors (Lipinski definition) is 8. The molecule has 8 heteroatoms. The van der Waals surface area contributed by atoms with Gasteiger partial charge in [-0.05, 0) is 0 Å². The molecular weight excluding hydrogens is 212 g/mol. The standard InChI is InChI=1S/C7H14O8/c8-1-3(10)4(11)5(12)6(13)7(14)15-2-9/h2-8,10-14H,1H2/t3-,4-,5+,6-,7?/m1/s1. The molecule has 0 aromatic carbocycles. The molecule has 0 aliphatic heterocycles. The van der Waals surface area contributed by atoms with E-state index in [9.17, 15) is 4.79 Å². The van der Waals surface area contributed by atoms with Crippen molar-refractivity contribution in [1.29, 1.82) is 0 Å².